The minimum atomic E-state index is -0.268. The molecule has 0 aliphatic rings. The average molecular weight is 369 g/mol. The number of rotatable bonds is 9. The minimum absolute atomic E-state index is 0. The molecule has 0 bridgehead atoms. The minimum Gasteiger partial charge on any atom is -0.346 e. The lowest BCUT2D eigenvalue weighted by atomic mass is 10.1. The molecule has 1 aromatic heterocycles. The highest BCUT2D eigenvalue weighted by molar-refractivity contribution is 5.85. The fourth-order valence-corrected chi connectivity index (χ4v) is 2.52. The maximum absolute atomic E-state index is 13.3. The zero-order chi connectivity index (χ0) is 17.4. The van der Waals surface area contributed by atoms with Crippen molar-refractivity contribution in [2.45, 2.75) is 25.7 Å². The van der Waals surface area contributed by atoms with Gasteiger partial charge in [-0.2, -0.15) is 5.10 Å². The van der Waals surface area contributed by atoms with E-state index in [-0.39, 0.29) is 24.1 Å². The van der Waals surface area contributed by atoms with E-state index in [9.17, 15) is 9.18 Å². The highest BCUT2D eigenvalue weighted by Gasteiger charge is 2.09. The Morgan fingerprint density at radius 1 is 1.32 bits per heavy atom. The molecule has 0 atom stereocenters. The van der Waals surface area contributed by atoms with Crippen LogP contribution in [0.4, 0.5) is 4.39 Å². The summed E-state index contributed by atoms with van der Waals surface area (Å²) in [7, 11) is 3.73. The van der Waals surface area contributed by atoms with Crippen molar-refractivity contribution in [3.05, 3.63) is 41.8 Å². The molecule has 5 nitrogen and oxygen atoms in total. The summed E-state index contributed by atoms with van der Waals surface area (Å²) in [5.74, 6) is -0.0919. The van der Waals surface area contributed by atoms with Crippen molar-refractivity contribution in [1.82, 2.24) is 20.4 Å². The Labute approximate surface area is 154 Å². The quantitative estimate of drug-likeness (QED) is 0.669. The first-order valence-electron chi connectivity index (χ1n) is 8.29. The number of aromatic nitrogens is 2. The fraction of sp³-hybridized carbons (Fsp3) is 0.444. The molecule has 0 radical (unpaired) electrons. The van der Waals surface area contributed by atoms with Crippen molar-refractivity contribution < 1.29 is 9.18 Å². The Bertz CT molecular complexity index is 662. The van der Waals surface area contributed by atoms with Crippen LogP contribution in [0.5, 0.6) is 0 Å². The molecule has 2 rings (SSSR count). The summed E-state index contributed by atoms with van der Waals surface area (Å²) in [4.78, 5) is 13.7. The van der Waals surface area contributed by atoms with Gasteiger partial charge in [0.05, 0.1) is 5.69 Å². The Balaban J connectivity index is 0.00000312. The van der Waals surface area contributed by atoms with Gasteiger partial charge in [-0.05, 0) is 51.1 Å². The molecule has 0 saturated heterocycles. The number of aryl methyl sites for hydroxylation is 1. The first kappa shape index (κ1) is 21.1. The summed E-state index contributed by atoms with van der Waals surface area (Å²) in [6, 6.07) is 8.33. The van der Waals surface area contributed by atoms with Crippen molar-refractivity contribution in [3.63, 3.8) is 0 Å². The molecule has 0 aliphatic carbocycles. The second-order valence-electron chi connectivity index (χ2n) is 5.91. The van der Waals surface area contributed by atoms with Crippen molar-refractivity contribution in [1.29, 1.82) is 0 Å². The lowest BCUT2D eigenvalue weighted by Gasteiger charge is -2.16. The zero-order valence-electron chi connectivity index (χ0n) is 14.7. The molecule has 1 heterocycles. The van der Waals surface area contributed by atoms with Gasteiger partial charge in [0.25, 0.3) is 0 Å². The number of hydrogen-bond acceptors (Lipinski definition) is 3. The topological polar surface area (TPSA) is 61.0 Å². The number of amides is 1. The molecular weight excluding hydrogens is 343 g/mol. The molecule has 0 fully saturated rings. The molecule has 0 saturated carbocycles. The molecule has 0 unspecified atom stereocenters. The average Bonchev–Trinajstić information content (AvgIpc) is 3.04. The number of aromatic amines is 1. The van der Waals surface area contributed by atoms with E-state index in [2.05, 4.69) is 15.5 Å². The monoisotopic (exact) mass is 368 g/mol. The molecular formula is C18H26ClFN4O. The maximum Gasteiger partial charge on any atom is 0.222 e. The van der Waals surface area contributed by atoms with Crippen molar-refractivity contribution >= 4 is 18.3 Å². The summed E-state index contributed by atoms with van der Waals surface area (Å²) < 4.78 is 13.3. The lowest BCUT2D eigenvalue weighted by molar-refractivity contribution is -0.130. The van der Waals surface area contributed by atoms with Crippen molar-refractivity contribution in [2.24, 2.45) is 0 Å². The fourth-order valence-electron chi connectivity index (χ4n) is 2.52. The summed E-state index contributed by atoms with van der Waals surface area (Å²) in [6.45, 7) is 1.57. The van der Waals surface area contributed by atoms with Gasteiger partial charge in [-0.15, -0.1) is 12.4 Å². The van der Waals surface area contributed by atoms with Crippen LogP contribution in [0.25, 0.3) is 11.3 Å². The molecule has 25 heavy (non-hydrogen) atoms. The van der Waals surface area contributed by atoms with E-state index in [0.717, 1.165) is 42.8 Å². The van der Waals surface area contributed by atoms with Gasteiger partial charge in [0, 0.05) is 31.3 Å². The van der Waals surface area contributed by atoms with Gasteiger partial charge in [0.15, 0.2) is 0 Å². The highest BCUT2D eigenvalue weighted by Crippen LogP contribution is 2.19. The van der Waals surface area contributed by atoms with Gasteiger partial charge in [-0.1, -0.05) is 12.1 Å². The number of carbonyl (C=O) groups excluding carboxylic acids is 1. The van der Waals surface area contributed by atoms with Crippen LogP contribution in [0.3, 0.4) is 0 Å². The van der Waals surface area contributed by atoms with Crippen LogP contribution in [0.1, 0.15) is 25.0 Å². The van der Waals surface area contributed by atoms with Crippen LogP contribution in [0, 0.1) is 5.82 Å². The van der Waals surface area contributed by atoms with E-state index in [0.29, 0.717) is 13.0 Å². The first-order valence-corrected chi connectivity index (χ1v) is 8.29. The van der Waals surface area contributed by atoms with Gasteiger partial charge in [-0.25, -0.2) is 4.39 Å². The molecule has 7 heteroatoms. The third-order valence-corrected chi connectivity index (χ3v) is 3.93. The van der Waals surface area contributed by atoms with Crippen LogP contribution in [0.15, 0.2) is 30.3 Å². The molecule has 138 valence electrons. The molecule has 1 amide bonds. The number of carbonyl (C=O) groups is 1. The standard InChI is InChI=1S/C18H25FN4O.ClH/c1-20-10-4-9-18(24)23(2)11-5-8-16-13-17(22-21-16)14-6-3-7-15(19)12-14;/h3,6-7,12-13,20H,4-5,8-11H2,1-2H3,(H,21,22);1H. The number of nitrogens with one attached hydrogen (secondary N) is 2. The molecule has 0 spiro atoms. The SMILES string of the molecule is CNCCCC(=O)N(C)CCCc1cc(-c2cccc(F)c2)n[nH]1.Cl. The number of hydrogen-bond donors (Lipinski definition) is 2. The number of H-pyrrole nitrogens is 1. The van der Waals surface area contributed by atoms with Crippen molar-refractivity contribution in [3.8, 4) is 11.3 Å². The Kier molecular flexibility index (Phi) is 9.16. The van der Waals surface area contributed by atoms with Crippen LogP contribution in [-0.2, 0) is 11.2 Å². The van der Waals surface area contributed by atoms with Gasteiger partial charge >= 0.3 is 0 Å². The van der Waals surface area contributed by atoms with E-state index < -0.39 is 0 Å². The van der Waals surface area contributed by atoms with Gasteiger partial charge in [0.2, 0.25) is 5.91 Å². The van der Waals surface area contributed by atoms with Crippen molar-refractivity contribution in [2.75, 3.05) is 27.2 Å². The number of nitrogens with zero attached hydrogens (tertiary/aromatic N) is 2. The van der Waals surface area contributed by atoms with Crippen LogP contribution in [-0.4, -0.2) is 48.2 Å². The predicted octanol–water partition coefficient (Wildman–Crippen LogP) is 3.03. The van der Waals surface area contributed by atoms with Crippen LogP contribution < -0.4 is 5.32 Å². The molecule has 2 N–H and O–H groups in total. The molecule has 0 aliphatic heterocycles. The van der Waals surface area contributed by atoms with Gasteiger partial charge in [-0.3, -0.25) is 9.89 Å². The van der Waals surface area contributed by atoms with E-state index in [1.165, 1.54) is 12.1 Å². The summed E-state index contributed by atoms with van der Waals surface area (Å²) >= 11 is 0. The number of benzene rings is 1. The summed E-state index contributed by atoms with van der Waals surface area (Å²) in [5.41, 5.74) is 2.49. The largest absolute Gasteiger partial charge is 0.346 e. The summed E-state index contributed by atoms with van der Waals surface area (Å²) in [5, 5.41) is 10.3. The number of halogens is 2. The highest BCUT2D eigenvalue weighted by atomic mass is 35.5. The van der Waals surface area contributed by atoms with Gasteiger partial charge < -0.3 is 10.2 Å². The normalized spacial score (nSPS) is 10.4. The zero-order valence-corrected chi connectivity index (χ0v) is 15.5. The smallest absolute Gasteiger partial charge is 0.222 e. The maximum atomic E-state index is 13.3. The summed E-state index contributed by atoms with van der Waals surface area (Å²) in [6.07, 6.45) is 3.10. The van der Waals surface area contributed by atoms with E-state index in [4.69, 9.17) is 0 Å². The third-order valence-electron chi connectivity index (χ3n) is 3.93. The molecule has 2 aromatic rings. The Hall–Kier alpha value is -1.92. The third kappa shape index (κ3) is 6.84. The van der Waals surface area contributed by atoms with Gasteiger partial charge in [0.1, 0.15) is 5.82 Å². The van der Waals surface area contributed by atoms with E-state index in [1.54, 1.807) is 11.0 Å². The van der Waals surface area contributed by atoms with Crippen LogP contribution in [0.2, 0.25) is 0 Å². The van der Waals surface area contributed by atoms with E-state index in [1.807, 2.05) is 26.2 Å². The van der Waals surface area contributed by atoms with E-state index >= 15 is 0 Å². The van der Waals surface area contributed by atoms with Crippen LogP contribution >= 0.6 is 12.4 Å². The second-order valence-corrected chi connectivity index (χ2v) is 5.91. The second kappa shape index (κ2) is 10.8. The first-order chi connectivity index (χ1) is 11.6. The predicted molar refractivity (Wildman–Crippen MR) is 100 cm³/mol. The molecule has 1 aromatic carbocycles. The Morgan fingerprint density at radius 3 is 2.84 bits per heavy atom. The lowest BCUT2D eigenvalue weighted by Crippen LogP contribution is -2.28. The Morgan fingerprint density at radius 2 is 2.12 bits per heavy atom.